The molecular weight excluding hydrogens is 255 g/mol. The molecule has 1 fully saturated rings. The van der Waals surface area contributed by atoms with Crippen LogP contribution in [0.15, 0.2) is 0 Å². The highest BCUT2D eigenvalue weighted by Crippen LogP contribution is 2.24. The first-order valence-electron chi connectivity index (χ1n) is 6.66. The Bertz CT molecular complexity index is 320. The topological polar surface area (TPSA) is 30.3 Å². The molecule has 0 aromatic heterocycles. The highest BCUT2D eigenvalue weighted by molar-refractivity contribution is 4.90. The van der Waals surface area contributed by atoms with Gasteiger partial charge in [-0.25, -0.2) is 0 Å². The Hall–Kier alpha value is -0.800. The molecule has 1 aliphatic heterocycles. The van der Waals surface area contributed by atoms with Gasteiger partial charge in [-0.15, -0.1) is 0 Å². The third-order valence-corrected chi connectivity index (χ3v) is 3.52. The molecule has 6 heteroatoms. The molecule has 3 nitrogen and oxygen atoms in total. The van der Waals surface area contributed by atoms with Crippen molar-refractivity contribution in [1.82, 2.24) is 9.80 Å². The lowest BCUT2D eigenvalue weighted by molar-refractivity contribution is -0.155. The first-order valence-corrected chi connectivity index (χ1v) is 6.66. The highest BCUT2D eigenvalue weighted by Gasteiger charge is 2.38. The summed E-state index contributed by atoms with van der Waals surface area (Å²) in [6.07, 6.45) is -1.79. The fraction of sp³-hybridized carbons (Fsp3) is 0.923. The predicted octanol–water partition coefficient (Wildman–Crippen LogP) is 2.64. The van der Waals surface area contributed by atoms with E-state index >= 15 is 0 Å². The lowest BCUT2D eigenvalue weighted by atomic mass is 9.98. The van der Waals surface area contributed by atoms with Gasteiger partial charge >= 0.3 is 6.18 Å². The van der Waals surface area contributed by atoms with Gasteiger partial charge in [-0.3, -0.25) is 9.80 Å². The molecule has 0 radical (unpaired) electrons. The molecule has 0 atom stereocenters. The Morgan fingerprint density at radius 1 is 1.21 bits per heavy atom. The molecule has 1 saturated heterocycles. The van der Waals surface area contributed by atoms with E-state index in [0.717, 1.165) is 19.4 Å². The Balaban J connectivity index is 2.42. The number of rotatable bonds is 5. The molecule has 0 aliphatic carbocycles. The van der Waals surface area contributed by atoms with E-state index in [0.29, 0.717) is 26.1 Å². The Kier molecular flexibility index (Phi) is 5.63. The van der Waals surface area contributed by atoms with Crippen molar-refractivity contribution in [2.45, 2.75) is 44.8 Å². The number of piperazine rings is 1. The first-order chi connectivity index (χ1) is 8.74. The average Bonchev–Trinajstić information content (AvgIpc) is 2.23. The summed E-state index contributed by atoms with van der Waals surface area (Å²) in [5.74, 6) is 0. The Labute approximate surface area is 113 Å². The zero-order chi connectivity index (χ0) is 14.5. The van der Waals surface area contributed by atoms with Crippen LogP contribution in [0.1, 0.15) is 33.1 Å². The molecule has 0 aromatic carbocycles. The van der Waals surface area contributed by atoms with Gasteiger partial charge in [-0.2, -0.15) is 18.4 Å². The third kappa shape index (κ3) is 5.79. The Morgan fingerprint density at radius 3 is 2.42 bits per heavy atom. The van der Waals surface area contributed by atoms with Crippen LogP contribution in [0.3, 0.4) is 0 Å². The van der Waals surface area contributed by atoms with Crippen molar-refractivity contribution in [2.75, 3.05) is 32.7 Å². The van der Waals surface area contributed by atoms with E-state index < -0.39 is 12.7 Å². The fourth-order valence-corrected chi connectivity index (χ4v) is 2.60. The largest absolute Gasteiger partial charge is 0.401 e. The number of halogens is 3. The maximum atomic E-state index is 12.4. The molecule has 0 spiro atoms. The second-order valence-corrected chi connectivity index (χ2v) is 5.74. The van der Waals surface area contributed by atoms with Crippen molar-refractivity contribution in [2.24, 2.45) is 0 Å². The van der Waals surface area contributed by atoms with Crippen molar-refractivity contribution >= 4 is 0 Å². The maximum absolute atomic E-state index is 12.4. The number of unbranched alkanes of at least 4 members (excludes halogenated alkanes) is 2. The fourth-order valence-electron chi connectivity index (χ4n) is 2.60. The van der Waals surface area contributed by atoms with Crippen molar-refractivity contribution in [1.29, 1.82) is 5.26 Å². The average molecular weight is 277 g/mol. The summed E-state index contributed by atoms with van der Waals surface area (Å²) in [7, 11) is 0. The van der Waals surface area contributed by atoms with Crippen LogP contribution in [0.25, 0.3) is 0 Å². The molecule has 1 aliphatic rings. The van der Waals surface area contributed by atoms with Gasteiger partial charge in [-0.1, -0.05) is 0 Å². The normalized spacial score (nSPS) is 21.3. The summed E-state index contributed by atoms with van der Waals surface area (Å²) in [6.45, 7) is 5.56. The molecular formula is C13H22F3N3. The lowest BCUT2D eigenvalue weighted by Gasteiger charge is -2.47. The number of nitrogens with zero attached hydrogens (tertiary/aromatic N) is 3. The van der Waals surface area contributed by atoms with Gasteiger partial charge in [0.2, 0.25) is 0 Å². The predicted molar refractivity (Wildman–Crippen MR) is 67.6 cm³/mol. The van der Waals surface area contributed by atoms with Crippen LogP contribution in [-0.4, -0.2) is 54.2 Å². The van der Waals surface area contributed by atoms with E-state index in [1.165, 1.54) is 4.90 Å². The molecule has 0 bridgehead atoms. The van der Waals surface area contributed by atoms with Crippen molar-refractivity contribution < 1.29 is 13.2 Å². The van der Waals surface area contributed by atoms with Crippen LogP contribution in [0.5, 0.6) is 0 Å². The minimum Gasteiger partial charge on any atom is -0.296 e. The number of hydrogen-bond acceptors (Lipinski definition) is 3. The first kappa shape index (κ1) is 16.3. The van der Waals surface area contributed by atoms with E-state index in [1.807, 2.05) is 13.8 Å². The summed E-state index contributed by atoms with van der Waals surface area (Å²) in [5, 5.41) is 8.47. The third-order valence-electron chi connectivity index (χ3n) is 3.52. The zero-order valence-corrected chi connectivity index (χ0v) is 11.6. The lowest BCUT2D eigenvalue weighted by Crippen LogP contribution is -2.60. The van der Waals surface area contributed by atoms with Gasteiger partial charge in [-0.05, 0) is 33.2 Å². The molecule has 0 saturated carbocycles. The summed E-state index contributed by atoms with van der Waals surface area (Å²) < 4.78 is 37.2. The quantitative estimate of drug-likeness (QED) is 0.724. The van der Waals surface area contributed by atoms with Gasteiger partial charge in [0, 0.05) is 31.6 Å². The highest BCUT2D eigenvalue weighted by atomic mass is 19.4. The number of alkyl halides is 3. The molecule has 0 N–H and O–H groups in total. The second-order valence-electron chi connectivity index (χ2n) is 5.74. The summed E-state index contributed by atoms with van der Waals surface area (Å²) in [5.41, 5.74) is -0.240. The zero-order valence-electron chi connectivity index (χ0n) is 11.6. The number of nitriles is 1. The molecule has 0 aromatic rings. The minimum absolute atomic E-state index is 0.240. The van der Waals surface area contributed by atoms with E-state index in [2.05, 4.69) is 11.0 Å². The van der Waals surface area contributed by atoms with Gasteiger partial charge in [0.05, 0.1) is 12.6 Å². The van der Waals surface area contributed by atoms with E-state index in [-0.39, 0.29) is 5.54 Å². The SMILES string of the molecule is CC1(C)CN(CC(F)(F)F)CCN1CCCCC#N. The van der Waals surface area contributed by atoms with Crippen LogP contribution in [0.2, 0.25) is 0 Å². The van der Waals surface area contributed by atoms with Gasteiger partial charge in [0.1, 0.15) is 0 Å². The molecule has 19 heavy (non-hydrogen) atoms. The standard InChI is InChI=1S/C13H22F3N3/c1-12(2)10-18(11-13(14,15)16)8-9-19(12)7-5-3-4-6-17/h3-5,7-11H2,1-2H3. The molecule has 1 heterocycles. The molecule has 110 valence electrons. The van der Waals surface area contributed by atoms with Gasteiger partial charge in [0.15, 0.2) is 0 Å². The minimum atomic E-state index is -4.12. The maximum Gasteiger partial charge on any atom is 0.401 e. The van der Waals surface area contributed by atoms with Gasteiger partial charge in [0.25, 0.3) is 0 Å². The molecule has 1 rings (SSSR count). The van der Waals surface area contributed by atoms with Gasteiger partial charge < -0.3 is 0 Å². The molecule has 0 amide bonds. The second kappa shape index (κ2) is 6.58. The summed E-state index contributed by atoms with van der Waals surface area (Å²) in [6, 6.07) is 2.11. The smallest absolute Gasteiger partial charge is 0.296 e. The van der Waals surface area contributed by atoms with E-state index in [1.54, 1.807) is 0 Å². The summed E-state index contributed by atoms with van der Waals surface area (Å²) >= 11 is 0. The summed E-state index contributed by atoms with van der Waals surface area (Å²) in [4.78, 5) is 3.71. The van der Waals surface area contributed by atoms with Crippen molar-refractivity contribution in [3.8, 4) is 6.07 Å². The van der Waals surface area contributed by atoms with E-state index in [9.17, 15) is 13.2 Å². The number of hydrogen-bond donors (Lipinski definition) is 0. The van der Waals surface area contributed by atoms with Crippen LogP contribution in [0.4, 0.5) is 13.2 Å². The van der Waals surface area contributed by atoms with Crippen molar-refractivity contribution in [3.63, 3.8) is 0 Å². The van der Waals surface area contributed by atoms with Crippen LogP contribution in [0, 0.1) is 11.3 Å². The van der Waals surface area contributed by atoms with Crippen LogP contribution in [-0.2, 0) is 0 Å². The van der Waals surface area contributed by atoms with E-state index in [4.69, 9.17) is 5.26 Å². The molecule has 0 unspecified atom stereocenters. The Morgan fingerprint density at radius 2 is 1.89 bits per heavy atom. The van der Waals surface area contributed by atoms with Crippen LogP contribution >= 0.6 is 0 Å². The van der Waals surface area contributed by atoms with Crippen LogP contribution < -0.4 is 0 Å². The van der Waals surface area contributed by atoms with Crippen molar-refractivity contribution in [3.05, 3.63) is 0 Å². The monoisotopic (exact) mass is 277 g/mol.